The van der Waals surface area contributed by atoms with E-state index in [-0.39, 0.29) is 35.9 Å². The molecule has 1 N–H and O–H groups in total. The van der Waals surface area contributed by atoms with E-state index in [9.17, 15) is 4.79 Å². The molecular weight excluding hydrogens is 475 g/mol. The number of likely N-dealkylation sites (tertiary alicyclic amines) is 1. The number of thiophene rings is 1. The molecule has 27 heavy (non-hydrogen) atoms. The number of guanidine groups is 1. The summed E-state index contributed by atoms with van der Waals surface area (Å²) in [5.41, 5.74) is 1.49. The molecule has 0 saturated carbocycles. The van der Waals surface area contributed by atoms with Crippen molar-refractivity contribution in [1.82, 2.24) is 15.1 Å². The van der Waals surface area contributed by atoms with Crippen molar-refractivity contribution in [1.29, 1.82) is 0 Å². The van der Waals surface area contributed by atoms with Gasteiger partial charge in [-0.05, 0) is 43.2 Å². The average molecular weight is 506 g/mol. The molecule has 152 valence electrons. The minimum absolute atomic E-state index is 0. The third kappa shape index (κ3) is 6.05. The Balaban J connectivity index is 0.00000261. The van der Waals surface area contributed by atoms with Gasteiger partial charge in [0, 0.05) is 51.2 Å². The number of carbonyl (C=O) groups is 1. The molecule has 0 aromatic carbocycles. The SMILES string of the molecule is CCOC(=O)C1CCCN(C(=NC)NCCN2CCc3sccc3C2)C1.I. The van der Waals surface area contributed by atoms with E-state index in [4.69, 9.17) is 4.74 Å². The quantitative estimate of drug-likeness (QED) is 0.288. The lowest BCUT2D eigenvalue weighted by molar-refractivity contribution is -0.149. The highest BCUT2D eigenvalue weighted by atomic mass is 127. The smallest absolute Gasteiger partial charge is 0.310 e. The molecule has 0 bridgehead atoms. The first-order chi connectivity index (χ1) is 12.7. The van der Waals surface area contributed by atoms with Crippen LogP contribution in [0.5, 0.6) is 0 Å². The third-order valence-electron chi connectivity index (χ3n) is 5.15. The monoisotopic (exact) mass is 506 g/mol. The number of rotatable bonds is 5. The molecule has 1 aromatic rings. The predicted molar refractivity (Wildman–Crippen MR) is 121 cm³/mol. The minimum Gasteiger partial charge on any atom is -0.466 e. The molecule has 2 aliphatic heterocycles. The number of piperidine rings is 1. The summed E-state index contributed by atoms with van der Waals surface area (Å²) in [6, 6.07) is 2.25. The van der Waals surface area contributed by atoms with Crippen LogP contribution in [0.2, 0.25) is 0 Å². The van der Waals surface area contributed by atoms with Crippen molar-refractivity contribution < 1.29 is 9.53 Å². The van der Waals surface area contributed by atoms with E-state index < -0.39 is 0 Å². The predicted octanol–water partition coefficient (Wildman–Crippen LogP) is 2.57. The molecule has 3 heterocycles. The molecule has 2 aliphatic rings. The molecule has 0 radical (unpaired) electrons. The number of carbonyl (C=O) groups excluding carboxylic acids is 1. The Morgan fingerprint density at radius 3 is 3.07 bits per heavy atom. The van der Waals surface area contributed by atoms with E-state index >= 15 is 0 Å². The van der Waals surface area contributed by atoms with Gasteiger partial charge < -0.3 is 15.0 Å². The molecule has 6 nitrogen and oxygen atoms in total. The Labute approximate surface area is 183 Å². The Bertz CT molecular complexity index is 637. The van der Waals surface area contributed by atoms with Gasteiger partial charge in [0.15, 0.2) is 5.96 Å². The van der Waals surface area contributed by atoms with Crippen LogP contribution < -0.4 is 5.32 Å². The van der Waals surface area contributed by atoms with Crippen molar-refractivity contribution in [2.24, 2.45) is 10.9 Å². The third-order valence-corrected chi connectivity index (χ3v) is 6.17. The topological polar surface area (TPSA) is 57.2 Å². The first kappa shape index (κ1) is 22.4. The second-order valence-corrected chi connectivity index (χ2v) is 7.91. The molecule has 1 unspecified atom stereocenters. The number of halogens is 1. The van der Waals surface area contributed by atoms with Gasteiger partial charge in [0.05, 0.1) is 12.5 Å². The number of aliphatic imine (C=N–C) groups is 1. The van der Waals surface area contributed by atoms with Crippen LogP contribution in [0.1, 0.15) is 30.2 Å². The van der Waals surface area contributed by atoms with Gasteiger partial charge in [-0.1, -0.05) is 0 Å². The minimum atomic E-state index is -0.0764. The number of hydrogen-bond donors (Lipinski definition) is 1. The molecule has 1 saturated heterocycles. The molecule has 8 heteroatoms. The first-order valence-corrected chi connectivity index (χ1v) is 10.5. The van der Waals surface area contributed by atoms with Crippen molar-refractivity contribution in [3.8, 4) is 0 Å². The van der Waals surface area contributed by atoms with Crippen LogP contribution in [-0.4, -0.2) is 68.1 Å². The van der Waals surface area contributed by atoms with E-state index in [2.05, 4.69) is 31.6 Å². The second-order valence-electron chi connectivity index (χ2n) is 6.91. The highest BCUT2D eigenvalue weighted by Crippen LogP contribution is 2.23. The maximum absolute atomic E-state index is 12.0. The van der Waals surface area contributed by atoms with Gasteiger partial charge in [0.1, 0.15) is 0 Å². The second kappa shape index (κ2) is 11.2. The van der Waals surface area contributed by atoms with Gasteiger partial charge in [-0.2, -0.15) is 0 Å². The molecule has 0 aliphatic carbocycles. The standard InChI is InChI=1S/C19H30N4O2S.HI/c1-3-25-18(24)16-5-4-9-23(14-16)19(20-2)21-8-11-22-10-6-17-15(13-22)7-12-26-17;/h7,12,16H,3-6,8-11,13-14H2,1-2H3,(H,20,21);1H. The zero-order valence-corrected chi connectivity index (χ0v) is 19.4. The lowest BCUT2D eigenvalue weighted by Gasteiger charge is -2.34. The average Bonchev–Trinajstić information content (AvgIpc) is 3.13. The fraction of sp³-hybridized carbons (Fsp3) is 0.684. The van der Waals surface area contributed by atoms with Crippen LogP contribution in [0, 0.1) is 5.92 Å². The van der Waals surface area contributed by atoms with Gasteiger partial charge in [-0.15, -0.1) is 35.3 Å². The summed E-state index contributed by atoms with van der Waals surface area (Å²) in [7, 11) is 1.81. The number of hydrogen-bond acceptors (Lipinski definition) is 5. The largest absolute Gasteiger partial charge is 0.466 e. The summed E-state index contributed by atoms with van der Waals surface area (Å²) in [5, 5.41) is 5.68. The number of esters is 1. The van der Waals surface area contributed by atoms with Gasteiger partial charge in [0.2, 0.25) is 0 Å². The van der Waals surface area contributed by atoms with Crippen molar-refractivity contribution in [2.45, 2.75) is 32.7 Å². The van der Waals surface area contributed by atoms with Crippen LogP contribution in [0.15, 0.2) is 16.4 Å². The van der Waals surface area contributed by atoms with E-state index in [0.717, 1.165) is 57.9 Å². The summed E-state index contributed by atoms with van der Waals surface area (Å²) in [4.78, 5) is 22.7. The van der Waals surface area contributed by atoms with E-state index in [1.165, 1.54) is 5.56 Å². The van der Waals surface area contributed by atoms with E-state index in [1.807, 2.05) is 25.3 Å². The zero-order chi connectivity index (χ0) is 18.4. The normalized spacial score (nSPS) is 20.6. The lowest BCUT2D eigenvalue weighted by Crippen LogP contribution is -2.49. The summed E-state index contributed by atoms with van der Waals surface area (Å²) >= 11 is 1.88. The Kier molecular flexibility index (Phi) is 9.31. The summed E-state index contributed by atoms with van der Waals surface area (Å²) in [5.74, 6) is 0.779. The number of nitrogens with one attached hydrogen (secondary N) is 1. The molecule has 0 spiro atoms. The van der Waals surface area contributed by atoms with Gasteiger partial charge in [-0.25, -0.2) is 0 Å². The number of nitrogens with zero attached hydrogens (tertiary/aromatic N) is 3. The number of fused-ring (bicyclic) bond motifs is 1. The molecule has 0 amide bonds. The van der Waals surface area contributed by atoms with Crippen LogP contribution >= 0.6 is 35.3 Å². The van der Waals surface area contributed by atoms with Crippen molar-refractivity contribution in [3.05, 3.63) is 21.9 Å². The van der Waals surface area contributed by atoms with Crippen LogP contribution in [0.25, 0.3) is 0 Å². The maximum atomic E-state index is 12.0. The highest BCUT2D eigenvalue weighted by Gasteiger charge is 2.28. The first-order valence-electron chi connectivity index (χ1n) is 9.61. The fourth-order valence-electron chi connectivity index (χ4n) is 3.78. The molecule has 3 rings (SSSR count). The maximum Gasteiger partial charge on any atom is 0.310 e. The molecular formula is C19H31IN4O2S. The number of ether oxygens (including phenoxy) is 1. The van der Waals surface area contributed by atoms with Crippen molar-refractivity contribution in [3.63, 3.8) is 0 Å². The molecule has 1 atom stereocenters. The zero-order valence-electron chi connectivity index (χ0n) is 16.3. The van der Waals surface area contributed by atoms with E-state index in [1.54, 1.807) is 4.88 Å². The summed E-state index contributed by atoms with van der Waals surface area (Å²) in [6.07, 6.45) is 3.06. The van der Waals surface area contributed by atoms with Crippen molar-refractivity contribution >= 4 is 47.2 Å². The van der Waals surface area contributed by atoms with Crippen LogP contribution in [-0.2, 0) is 22.5 Å². The van der Waals surface area contributed by atoms with Crippen LogP contribution in [0.3, 0.4) is 0 Å². The summed E-state index contributed by atoms with van der Waals surface area (Å²) < 4.78 is 5.19. The van der Waals surface area contributed by atoms with Gasteiger partial charge in [-0.3, -0.25) is 14.7 Å². The fourth-order valence-corrected chi connectivity index (χ4v) is 4.67. The van der Waals surface area contributed by atoms with E-state index in [0.29, 0.717) is 13.2 Å². The van der Waals surface area contributed by atoms with Crippen molar-refractivity contribution in [2.75, 3.05) is 46.4 Å². The molecule has 1 fully saturated rings. The Morgan fingerprint density at radius 1 is 1.44 bits per heavy atom. The van der Waals surface area contributed by atoms with Crippen LogP contribution in [0.4, 0.5) is 0 Å². The summed E-state index contributed by atoms with van der Waals surface area (Å²) in [6.45, 7) is 7.99. The van der Waals surface area contributed by atoms with Gasteiger partial charge in [0.25, 0.3) is 0 Å². The van der Waals surface area contributed by atoms with Gasteiger partial charge >= 0.3 is 5.97 Å². The Morgan fingerprint density at radius 2 is 2.30 bits per heavy atom. The molecule has 1 aromatic heterocycles. The highest BCUT2D eigenvalue weighted by molar-refractivity contribution is 14.0. The Hall–Kier alpha value is -0.870. The lowest BCUT2D eigenvalue weighted by atomic mass is 9.98.